The lowest BCUT2D eigenvalue weighted by molar-refractivity contribution is 0.00497. The van der Waals surface area contributed by atoms with Crippen LogP contribution in [0.5, 0.6) is 0 Å². The zero-order valence-corrected chi connectivity index (χ0v) is 10.2. The van der Waals surface area contributed by atoms with E-state index in [1.807, 2.05) is 13.8 Å². The minimum Gasteiger partial charge on any atom is -0.386 e. The van der Waals surface area contributed by atoms with Gasteiger partial charge in [0.05, 0.1) is 22.8 Å². The third-order valence-electron chi connectivity index (χ3n) is 1.93. The molecule has 1 aromatic carbocycles. The Balaban J connectivity index is 2.73. The molecule has 84 valence electrons. The van der Waals surface area contributed by atoms with Crippen LogP contribution in [0.15, 0.2) is 18.2 Å². The fourth-order valence-electron chi connectivity index (χ4n) is 1.15. The predicted molar refractivity (Wildman–Crippen MR) is 62.5 cm³/mol. The third-order valence-corrected chi connectivity index (χ3v) is 2.76. The molecule has 0 saturated heterocycles. The van der Waals surface area contributed by atoms with Crippen LogP contribution < -0.4 is 0 Å². The molecule has 0 amide bonds. The highest BCUT2D eigenvalue weighted by atomic mass is 35.5. The Kier molecular flexibility index (Phi) is 4.87. The summed E-state index contributed by atoms with van der Waals surface area (Å²) >= 11 is 11.8. The average molecular weight is 249 g/mol. The summed E-state index contributed by atoms with van der Waals surface area (Å²) in [6.45, 7) is 4.04. The topological polar surface area (TPSA) is 29.5 Å². The summed E-state index contributed by atoms with van der Waals surface area (Å²) in [5.41, 5.74) is 0.602. The molecule has 2 nitrogen and oxygen atoms in total. The van der Waals surface area contributed by atoms with E-state index in [1.54, 1.807) is 18.2 Å². The van der Waals surface area contributed by atoms with Gasteiger partial charge in [-0.15, -0.1) is 0 Å². The van der Waals surface area contributed by atoms with Crippen molar-refractivity contribution in [2.75, 3.05) is 6.61 Å². The predicted octanol–water partition coefficient (Wildman–Crippen LogP) is 3.45. The lowest BCUT2D eigenvalue weighted by atomic mass is 10.1. The van der Waals surface area contributed by atoms with Crippen molar-refractivity contribution >= 4 is 23.2 Å². The molecule has 1 atom stereocenters. The number of rotatable bonds is 4. The van der Waals surface area contributed by atoms with Crippen LogP contribution >= 0.6 is 23.2 Å². The second kappa shape index (κ2) is 5.71. The van der Waals surface area contributed by atoms with Crippen molar-refractivity contribution in [3.05, 3.63) is 33.8 Å². The van der Waals surface area contributed by atoms with E-state index in [1.165, 1.54) is 0 Å². The summed E-state index contributed by atoms with van der Waals surface area (Å²) in [6, 6.07) is 5.17. The Morgan fingerprint density at radius 1 is 1.33 bits per heavy atom. The molecule has 0 aromatic heterocycles. The first-order valence-corrected chi connectivity index (χ1v) is 5.51. The van der Waals surface area contributed by atoms with E-state index in [0.717, 1.165) is 0 Å². The molecule has 1 unspecified atom stereocenters. The van der Waals surface area contributed by atoms with E-state index in [-0.39, 0.29) is 12.7 Å². The average Bonchev–Trinajstić information content (AvgIpc) is 2.18. The van der Waals surface area contributed by atoms with Crippen molar-refractivity contribution in [3.8, 4) is 0 Å². The highest BCUT2D eigenvalue weighted by Crippen LogP contribution is 2.30. The Morgan fingerprint density at radius 3 is 2.60 bits per heavy atom. The largest absolute Gasteiger partial charge is 0.386 e. The zero-order chi connectivity index (χ0) is 11.4. The van der Waals surface area contributed by atoms with E-state index in [2.05, 4.69) is 0 Å². The monoisotopic (exact) mass is 248 g/mol. The van der Waals surface area contributed by atoms with Gasteiger partial charge in [0.15, 0.2) is 0 Å². The van der Waals surface area contributed by atoms with E-state index in [0.29, 0.717) is 15.6 Å². The third kappa shape index (κ3) is 3.65. The summed E-state index contributed by atoms with van der Waals surface area (Å²) in [7, 11) is 0. The fourth-order valence-corrected chi connectivity index (χ4v) is 1.58. The first-order valence-electron chi connectivity index (χ1n) is 4.76. The Labute approximate surface area is 99.8 Å². The summed E-state index contributed by atoms with van der Waals surface area (Å²) in [5, 5.41) is 10.6. The van der Waals surface area contributed by atoms with E-state index >= 15 is 0 Å². The van der Waals surface area contributed by atoms with Crippen LogP contribution in [0, 0.1) is 0 Å². The van der Waals surface area contributed by atoms with Gasteiger partial charge in [-0.25, -0.2) is 0 Å². The van der Waals surface area contributed by atoms with Gasteiger partial charge in [-0.05, 0) is 19.9 Å². The van der Waals surface area contributed by atoms with Crippen molar-refractivity contribution in [3.63, 3.8) is 0 Å². The molecule has 0 spiro atoms. The lowest BCUT2D eigenvalue weighted by Gasteiger charge is -2.15. The van der Waals surface area contributed by atoms with Crippen LogP contribution in [0.25, 0.3) is 0 Å². The summed E-state index contributed by atoms with van der Waals surface area (Å²) in [6.07, 6.45) is -0.656. The van der Waals surface area contributed by atoms with Gasteiger partial charge in [-0.1, -0.05) is 35.3 Å². The molecule has 0 bridgehead atoms. The molecule has 0 aliphatic carbocycles. The van der Waals surface area contributed by atoms with Gasteiger partial charge in [-0.2, -0.15) is 0 Å². The van der Waals surface area contributed by atoms with Crippen molar-refractivity contribution in [1.29, 1.82) is 0 Å². The highest BCUT2D eigenvalue weighted by Gasteiger charge is 2.14. The summed E-state index contributed by atoms with van der Waals surface area (Å²) in [4.78, 5) is 0. The van der Waals surface area contributed by atoms with Crippen LogP contribution in [0.1, 0.15) is 25.5 Å². The van der Waals surface area contributed by atoms with Crippen LogP contribution in [0.4, 0.5) is 0 Å². The lowest BCUT2D eigenvalue weighted by Crippen LogP contribution is -2.12. The van der Waals surface area contributed by atoms with Crippen LogP contribution in [0.2, 0.25) is 10.0 Å². The highest BCUT2D eigenvalue weighted by molar-refractivity contribution is 6.42. The van der Waals surface area contributed by atoms with Crippen molar-refractivity contribution < 1.29 is 9.84 Å². The minimum absolute atomic E-state index is 0.0811. The molecule has 0 saturated carbocycles. The van der Waals surface area contributed by atoms with Gasteiger partial charge in [0, 0.05) is 5.56 Å². The smallest absolute Gasteiger partial charge is 0.104 e. The maximum Gasteiger partial charge on any atom is 0.104 e. The van der Waals surface area contributed by atoms with E-state index in [9.17, 15) is 5.11 Å². The number of benzene rings is 1. The molecule has 15 heavy (non-hydrogen) atoms. The molecule has 0 aliphatic heterocycles. The molecule has 1 rings (SSSR count). The van der Waals surface area contributed by atoms with Gasteiger partial charge in [0.25, 0.3) is 0 Å². The molecular weight excluding hydrogens is 235 g/mol. The molecule has 1 N–H and O–H groups in total. The number of aliphatic hydroxyl groups excluding tert-OH is 1. The van der Waals surface area contributed by atoms with Crippen LogP contribution in [-0.4, -0.2) is 17.8 Å². The van der Waals surface area contributed by atoms with Gasteiger partial charge < -0.3 is 9.84 Å². The molecular formula is C11H14Cl2O2. The second-order valence-corrected chi connectivity index (χ2v) is 4.33. The number of ether oxygens (including phenoxy) is 1. The van der Waals surface area contributed by atoms with Crippen LogP contribution in [-0.2, 0) is 4.74 Å². The van der Waals surface area contributed by atoms with Crippen molar-refractivity contribution in [1.82, 2.24) is 0 Å². The Morgan fingerprint density at radius 2 is 2.00 bits per heavy atom. The number of hydrogen-bond acceptors (Lipinski definition) is 2. The van der Waals surface area contributed by atoms with E-state index < -0.39 is 6.10 Å². The van der Waals surface area contributed by atoms with Gasteiger partial charge in [0.1, 0.15) is 6.10 Å². The second-order valence-electron chi connectivity index (χ2n) is 3.54. The minimum atomic E-state index is -0.737. The quantitative estimate of drug-likeness (QED) is 0.885. The summed E-state index contributed by atoms with van der Waals surface area (Å²) < 4.78 is 5.30. The molecule has 0 radical (unpaired) electrons. The number of hydrogen-bond donors (Lipinski definition) is 1. The standard InChI is InChI=1S/C11H14Cl2O2/c1-7(2)15-6-10(14)8-4-3-5-9(12)11(8)13/h3-5,7,10,14H,6H2,1-2H3. The molecule has 4 heteroatoms. The normalized spacial score (nSPS) is 13.2. The van der Waals surface area contributed by atoms with Crippen LogP contribution in [0.3, 0.4) is 0 Å². The zero-order valence-electron chi connectivity index (χ0n) is 8.71. The molecule has 0 aliphatic rings. The van der Waals surface area contributed by atoms with Crippen molar-refractivity contribution in [2.45, 2.75) is 26.1 Å². The maximum atomic E-state index is 9.81. The molecule has 1 aromatic rings. The van der Waals surface area contributed by atoms with Gasteiger partial charge in [-0.3, -0.25) is 0 Å². The summed E-state index contributed by atoms with van der Waals surface area (Å²) in [5.74, 6) is 0. The van der Waals surface area contributed by atoms with E-state index in [4.69, 9.17) is 27.9 Å². The van der Waals surface area contributed by atoms with Crippen molar-refractivity contribution in [2.24, 2.45) is 0 Å². The first kappa shape index (κ1) is 12.8. The Bertz CT molecular complexity index is 326. The Hall–Kier alpha value is -0.280. The fraction of sp³-hybridized carbons (Fsp3) is 0.455. The first-order chi connectivity index (χ1) is 7.02. The molecule has 0 fully saturated rings. The SMILES string of the molecule is CC(C)OCC(O)c1cccc(Cl)c1Cl. The maximum absolute atomic E-state index is 9.81. The number of halogens is 2. The van der Waals surface area contributed by atoms with Gasteiger partial charge in [0.2, 0.25) is 0 Å². The van der Waals surface area contributed by atoms with Gasteiger partial charge >= 0.3 is 0 Å². The molecule has 0 heterocycles. The number of aliphatic hydroxyl groups is 1.